The van der Waals surface area contributed by atoms with Crippen molar-refractivity contribution < 1.29 is 18.0 Å². The van der Waals surface area contributed by atoms with Gasteiger partial charge in [-0.25, -0.2) is 13.2 Å². The van der Waals surface area contributed by atoms with Gasteiger partial charge in [-0.3, -0.25) is 4.79 Å². The number of halogens is 6. The molecule has 2 rings (SSSR count). The van der Waals surface area contributed by atoms with Crippen molar-refractivity contribution in [3.05, 3.63) is 66.8 Å². The average Bonchev–Trinajstić information content (AvgIpc) is 2.32. The first-order chi connectivity index (χ1) is 9.31. The molecule has 104 valence electrons. The number of ketones is 1. The SMILES string of the molecule is O=C(c1cc(Cl)c(Br)cc1F)c1c(F)cc(Br)cc1F. The van der Waals surface area contributed by atoms with Gasteiger partial charge in [0.05, 0.1) is 16.1 Å². The molecule has 0 N–H and O–H groups in total. The molecule has 1 nitrogen and oxygen atoms in total. The first-order valence-corrected chi connectivity index (χ1v) is 7.11. The Balaban J connectivity index is 2.61. The number of benzene rings is 2. The van der Waals surface area contributed by atoms with E-state index >= 15 is 0 Å². The van der Waals surface area contributed by atoms with Gasteiger partial charge >= 0.3 is 0 Å². The first-order valence-electron chi connectivity index (χ1n) is 5.15. The summed E-state index contributed by atoms with van der Waals surface area (Å²) in [7, 11) is 0. The summed E-state index contributed by atoms with van der Waals surface area (Å²) >= 11 is 11.6. The summed E-state index contributed by atoms with van der Waals surface area (Å²) in [5.74, 6) is -4.20. The molecule has 0 aliphatic carbocycles. The molecule has 0 fully saturated rings. The van der Waals surface area contributed by atoms with Crippen molar-refractivity contribution >= 4 is 49.2 Å². The van der Waals surface area contributed by atoms with Gasteiger partial charge in [0, 0.05) is 8.95 Å². The van der Waals surface area contributed by atoms with Gasteiger partial charge in [0.15, 0.2) is 0 Å². The fourth-order valence-corrected chi connectivity index (χ4v) is 2.47. The molecule has 0 radical (unpaired) electrons. The summed E-state index contributed by atoms with van der Waals surface area (Å²) in [5, 5.41) is 0.0627. The van der Waals surface area contributed by atoms with Crippen LogP contribution in [0.1, 0.15) is 15.9 Å². The average molecular weight is 428 g/mol. The molecule has 0 atom stereocenters. The maximum atomic E-state index is 13.7. The van der Waals surface area contributed by atoms with Crippen molar-refractivity contribution in [1.29, 1.82) is 0 Å². The number of rotatable bonds is 2. The molecular formula is C13H4Br2ClF3O. The minimum absolute atomic E-state index is 0.0627. The topological polar surface area (TPSA) is 17.1 Å². The number of carbonyl (C=O) groups is 1. The van der Waals surface area contributed by atoms with E-state index in [-0.39, 0.29) is 14.0 Å². The van der Waals surface area contributed by atoms with E-state index in [1.165, 1.54) is 0 Å². The quantitative estimate of drug-likeness (QED) is 0.455. The van der Waals surface area contributed by atoms with E-state index in [1.54, 1.807) is 0 Å². The van der Waals surface area contributed by atoms with Crippen LogP contribution in [0.15, 0.2) is 33.2 Å². The van der Waals surface area contributed by atoms with E-state index in [1.807, 2.05) is 0 Å². The molecule has 0 aliphatic heterocycles. The second-order valence-electron chi connectivity index (χ2n) is 3.82. The van der Waals surface area contributed by atoms with Crippen LogP contribution in [0, 0.1) is 17.5 Å². The largest absolute Gasteiger partial charge is 0.288 e. The Labute approximate surface area is 134 Å². The zero-order valence-electron chi connectivity index (χ0n) is 9.49. The van der Waals surface area contributed by atoms with E-state index in [2.05, 4.69) is 31.9 Å². The molecule has 2 aromatic carbocycles. The summed E-state index contributed by atoms with van der Waals surface area (Å²) in [6.45, 7) is 0. The predicted octanol–water partition coefficient (Wildman–Crippen LogP) is 5.51. The summed E-state index contributed by atoms with van der Waals surface area (Å²) < 4.78 is 41.5. The van der Waals surface area contributed by atoms with Crippen molar-refractivity contribution in [2.45, 2.75) is 0 Å². The maximum Gasteiger partial charge on any atom is 0.201 e. The van der Waals surface area contributed by atoms with E-state index in [0.717, 1.165) is 24.3 Å². The van der Waals surface area contributed by atoms with Crippen LogP contribution in [0.25, 0.3) is 0 Å². The summed E-state index contributed by atoms with van der Waals surface area (Å²) in [6, 6.07) is 3.83. The van der Waals surface area contributed by atoms with Gasteiger partial charge in [0.1, 0.15) is 17.5 Å². The third-order valence-corrected chi connectivity index (χ3v) is 4.14. The molecule has 0 bridgehead atoms. The lowest BCUT2D eigenvalue weighted by Gasteiger charge is -2.07. The van der Waals surface area contributed by atoms with Crippen molar-refractivity contribution in [1.82, 2.24) is 0 Å². The Bertz CT molecular complexity index is 696. The summed E-state index contributed by atoms with van der Waals surface area (Å²) in [6.07, 6.45) is 0. The number of hydrogen-bond acceptors (Lipinski definition) is 1. The maximum absolute atomic E-state index is 13.7. The van der Waals surface area contributed by atoms with Crippen molar-refractivity contribution in [2.75, 3.05) is 0 Å². The van der Waals surface area contributed by atoms with Crippen LogP contribution in [0.4, 0.5) is 13.2 Å². The minimum Gasteiger partial charge on any atom is -0.288 e. The van der Waals surface area contributed by atoms with E-state index in [9.17, 15) is 18.0 Å². The minimum atomic E-state index is -1.11. The van der Waals surface area contributed by atoms with Gasteiger partial charge in [-0.2, -0.15) is 0 Å². The molecule has 0 saturated carbocycles. The van der Waals surface area contributed by atoms with E-state index in [4.69, 9.17) is 11.6 Å². The summed E-state index contributed by atoms with van der Waals surface area (Å²) in [4.78, 5) is 12.1. The molecule has 2 aromatic rings. The fraction of sp³-hybridized carbons (Fsp3) is 0. The zero-order chi connectivity index (χ0) is 15.0. The van der Waals surface area contributed by atoms with Crippen molar-refractivity contribution in [2.24, 2.45) is 0 Å². The molecule has 0 amide bonds. The predicted molar refractivity (Wildman–Crippen MR) is 76.6 cm³/mol. The van der Waals surface area contributed by atoms with Gasteiger partial charge in [-0.1, -0.05) is 27.5 Å². The fourth-order valence-electron chi connectivity index (χ4n) is 1.59. The normalized spacial score (nSPS) is 10.7. The van der Waals surface area contributed by atoms with Crippen LogP contribution < -0.4 is 0 Å². The highest BCUT2D eigenvalue weighted by molar-refractivity contribution is 9.10. The van der Waals surface area contributed by atoms with Crippen LogP contribution in [0.3, 0.4) is 0 Å². The standard InChI is InChI=1S/C13H4Br2ClF3O/c14-5-1-10(18)12(11(19)2-5)13(20)6-3-8(16)7(15)4-9(6)17/h1-4H. The second-order valence-corrected chi connectivity index (χ2v) is 6.00. The monoisotopic (exact) mass is 426 g/mol. The lowest BCUT2D eigenvalue weighted by Crippen LogP contribution is -2.10. The van der Waals surface area contributed by atoms with Crippen LogP contribution in [0.2, 0.25) is 5.02 Å². The Morgan fingerprint density at radius 3 is 2.05 bits per heavy atom. The third kappa shape index (κ3) is 2.92. The Morgan fingerprint density at radius 1 is 0.950 bits per heavy atom. The molecule has 0 unspecified atom stereocenters. The molecule has 0 aliphatic rings. The van der Waals surface area contributed by atoms with Gasteiger partial charge in [0.2, 0.25) is 5.78 Å². The van der Waals surface area contributed by atoms with Gasteiger partial charge in [-0.15, -0.1) is 0 Å². The molecular weight excluding hydrogens is 424 g/mol. The smallest absolute Gasteiger partial charge is 0.201 e. The zero-order valence-corrected chi connectivity index (χ0v) is 13.4. The van der Waals surface area contributed by atoms with E-state index in [0.29, 0.717) is 0 Å². The second kappa shape index (κ2) is 5.87. The summed E-state index contributed by atoms with van der Waals surface area (Å²) in [5.41, 5.74) is -1.33. The molecule has 20 heavy (non-hydrogen) atoms. The third-order valence-electron chi connectivity index (χ3n) is 2.49. The Kier molecular flexibility index (Phi) is 4.56. The van der Waals surface area contributed by atoms with Crippen LogP contribution in [-0.2, 0) is 0 Å². The molecule has 0 heterocycles. The van der Waals surface area contributed by atoms with Crippen LogP contribution in [-0.4, -0.2) is 5.78 Å². The van der Waals surface area contributed by atoms with E-state index < -0.39 is 34.4 Å². The van der Waals surface area contributed by atoms with Crippen LogP contribution >= 0.6 is 43.5 Å². The highest BCUT2D eigenvalue weighted by Crippen LogP contribution is 2.29. The highest BCUT2D eigenvalue weighted by atomic mass is 79.9. The van der Waals surface area contributed by atoms with Crippen molar-refractivity contribution in [3.8, 4) is 0 Å². The van der Waals surface area contributed by atoms with Gasteiger partial charge in [-0.05, 0) is 40.2 Å². The number of hydrogen-bond donors (Lipinski definition) is 0. The number of carbonyl (C=O) groups excluding carboxylic acids is 1. The lowest BCUT2D eigenvalue weighted by atomic mass is 10.0. The van der Waals surface area contributed by atoms with Gasteiger partial charge in [0.25, 0.3) is 0 Å². The highest BCUT2D eigenvalue weighted by Gasteiger charge is 2.23. The van der Waals surface area contributed by atoms with Crippen molar-refractivity contribution in [3.63, 3.8) is 0 Å². The molecule has 0 aromatic heterocycles. The first kappa shape index (κ1) is 15.5. The Hall–Kier alpha value is -0.850. The molecule has 0 saturated heterocycles. The molecule has 0 spiro atoms. The Morgan fingerprint density at radius 2 is 1.50 bits per heavy atom. The lowest BCUT2D eigenvalue weighted by molar-refractivity contribution is 0.102. The molecule has 7 heteroatoms. The van der Waals surface area contributed by atoms with Gasteiger partial charge < -0.3 is 0 Å². The van der Waals surface area contributed by atoms with Crippen LogP contribution in [0.5, 0.6) is 0 Å².